The van der Waals surface area contributed by atoms with Gasteiger partial charge in [0.2, 0.25) is 0 Å². The molecule has 1 aromatic carbocycles. The third-order valence-electron chi connectivity index (χ3n) is 3.45. The Morgan fingerprint density at radius 3 is 2.62 bits per heavy atom. The summed E-state index contributed by atoms with van der Waals surface area (Å²) in [5.74, 6) is -0.343. The summed E-state index contributed by atoms with van der Waals surface area (Å²) in [6.07, 6.45) is 6.03. The number of nitrogens with one attached hydrogen (secondary N) is 1. The molecule has 2 nitrogen and oxygen atoms in total. The summed E-state index contributed by atoms with van der Waals surface area (Å²) in [5, 5.41) is 3.40. The molecule has 88 valence electrons. The lowest BCUT2D eigenvalue weighted by Crippen LogP contribution is -2.37. The molecule has 0 aliphatic heterocycles. The molecule has 0 saturated heterocycles. The fourth-order valence-electron chi connectivity index (χ4n) is 2.43. The Bertz CT molecular complexity index is 370. The number of hydrogen-bond acceptors (Lipinski definition) is 2. The van der Waals surface area contributed by atoms with Crippen LogP contribution in [0.2, 0.25) is 0 Å². The van der Waals surface area contributed by atoms with Gasteiger partial charge in [0, 0.05) is 5.54 Å². The van der Waals surface area contributed by atoms with Crippen molar-refractivity contribution in [3.8, 4) is 0 Å². The van der Waals surface area contributed by atoms with E-state index in [-0.39, 0.29) is 17.0 Å². The third kappa shape index (κ3) is 2.29. The van der Waals surface area contributed by atoms with Crippen LogP contribution in [-0.4, -0.2) is 5.54 Å². The number of benzene rings is 1. The molecule has 0 spiro atoms. The van der Waals surface area contributed by atoms with Crippen LogP contribution >= 0.6 is 0 Å². The van der Waals surface area contributed by atoms with Crippen molar-refractivity contribution in [1.82, 2.24) is 0 Å². The van der Waals surface area contributed by atoms with E-state index < -0.39 is 0 Å². The first-order valence-corrected chi connectivity index (χ1v) is 5.93. The fourth-order valence-corrected chi connectivity index (χ4v) is 2.43. The normalized spacial score (nSPS) is 19.4. The summed E-state index contributed by atoms with van der Waals surface area (Å²) in [5.41, 5.74) is 6.75. The second kappa shape index (κ2) is 4.32. The van der Waals surface area contributed by atoms with Gasteiger partial charge in [-0.2, -0.15) is 0 Å². The molecule has 1 saturated carbocycles. The van der Waals surface area contributed by atoms with Gasteiger partial charge in [0.15, 0.2) is 0 Å². The highest BCUT2D eigenvalue weighted by Gasteiger charge is 2.27. The number of rotatable bonds is 2. The topological polar surface area (TPSA) is 38.0 Å². The molecule has 0 radical (unpaired) electrons. The Kier molecular flexibility index (Phi) is 3.03. The average molecular weight is 222 g/mol. The van der Waals surface area contributed by atoms with Crippen LogP contribution in [0.4, 0.5) is 15.8 Å². The molecular weight excluding hydrogens is 203 g/mol. The summed E-state index contributed by atoms with van der Waals surface area (Å²) >= 11 is 0. The summed E-state index contributed by atoms with van der Waals surface area (Å²) < 4.78 is 13.3. The Balaban J connectivity index is 2.16. The first kappa shape index (κ1) is 11.2. The zero-order valence-electron chi connectivity index (χ0n) is 9.72. The van der Waals surface area contributed by atoms with Crippen LogP contribution < -0.4 is 11.1 Å². The number of nitrogens with two attached hydrogens (primary N) is 1. The minimum absolute atomic E-state index is 0.0696. The Morgan fingerprint density at radius 1 is 1.25 bits per heavy atom. The number of para-hydroxylation sites is 1. The van der Waals surface area contributed by atoms with Crippen LogP contribution in [0.15, 0.2) is 18.2 Å². The molecule has 0 amide bonds. The Labute approximate surface area is 96.0 Å². The maximum absolute atomic E-state index is 13.3. The van der Waals surface area contributed by atoms with Gasteiger partial charge < -0.3 is 11.1 Å². The summed E-state index contributed by atoms with van der Waals surface area (Å²) in [6.45, 7) is 2.19. The minimum atomic E-state index is -0.343. The first-order chi connectivity index (χ1) is 7.61. The Hall–Kier alpha value is -1.25. The standard InChI is InChI=1S/C13H19FN2/c1-13(8-3-2-4-9-13)16-11-7-5-6-10(14)12(11)15/h5-7,16H,2-4,8-9,15H2,1H3. The highest BCUT2D eigenvalue weighted by molar-refractivity contribution is 5.67. The number of anilines is 2. The molecule has 1 aliphatic rings. The van der Waals surface area contributed by atoms with Gasteiger partial charge in [-0.1, -0.05) is 25.3 Å². The van der Waals surface area contributed by atoms with Crippen LogP contribution in [0.1, 0.15) is 39.0 Å². The van der Waals surface area contributed by atoms with Gasteiger partial charge in [-0.15, -0.1) is 0 Å². The molecule has 2 rings (SSSR count). The zero-order valence-corrected chi connectivity index (χ0v) is 9.72. The van der Waals surface area contributed by atoms with E-state index in [0.29, 0.717) is 0 Å². The lowest BCUT2D eigenvalue weighted by Gasteiger charge is -2.36. The lowest BCUT2D eigenvalue weighted by atomic mass is 9.83. The van der Waals surface area contributed by atoms with E-state index >= 15 is 0 Å². The molecule has 0 aromatic heterocycles. The van der Waals surface area contributed by atoms with Gasteiger partial charge in [0.25, 0.3) is 0 Å². The van der Waals surface area contributed by atoms with Crippen LogP contribution in [0.5, 0.6) is 0 Å². The molecule has 16 heavy (non-hydrogen) atoms. The summed E-state index contributed by atoms with van der Waals surface area (Å²) in [4.78, 5) is 0. The van der Waals surface area contributed by atoms with Crippen LogP contribution in [0.3, 0.4) is 0 Å². The van der Waals surface area contributed by atoms with E-state index in [1.54, 1.807) is 6.07 Å². The molecule has 1 fully saturated rings. The van der Waals surface area contributed by atoms with E-state index in [1.807, 2.05) is 6.07 Å². The van der Waals surface area contributed by atoms with E-state index in [9.17, 15) is 4.39 Å². The van der Waals surface area contributed by atoms with Crippen molar-refractivity contribution in [1.29, 1.82) is 0 Å². The van der Waals surface area contributed by atoms with Crippen molar-refractivity contribution in [3.63, 3.8) is 0 Å². The number of nitrogen functional groups attached to an aromatic ring is 1. The van der Waals surface area contributed by atoms with E-state index in [1.165, 1.54) is 25.3 Å². The summed E-state index contributed by atoms with van der Waals surface area (Å²) in [6, 6.07) is 4.93. The van der Waals surface area contributed by atoms with Gasteiger partial charge in [-0.25, -0.2) is 4.39 Å². The average Bonchev–Trinajstić information content (AvgIpc) is 2.26. The maximum atomic E-state index is 13.3. The monoisotopic (exact) mass is 222 g/mol. The Morgan fingerprint density at radius 2 is 1.94 bits per heavy atom. The zero-order chi connectivity index (χ0) is 11.6. The van der Waals surface area contributed by atoms with Gasteiger partial charge in [-0.05, 0) is 31.9 Å². The molecule has 0 atom stereocenters. The SMILES string of the molecule is CC1(Nc2cccc(F)c2N)CCCCC1. The lowest BCUT2D eigenvalue weighted by molar-refractivity contribution is 0.349. The van der Waals surface area contributed by atoms with E-state index in [0.717, 1.165) is 18.5 Å². The predicted molar refractivity (Wildman–Crippen MR) is 65.9 cm³/mol. The van der Waals surface area contributed by atoms with Crippen LogP contribution in [0.25, 0.3) is 0 Å². The van der Waals surface area contributed by atoms with Gasteiger partial charge in [0.1, 0.15) is 5.82 Å². The quantitative estimate of drug-likeness (QED) is 0.751. The smallest absolute Gasteiger partial charge is 0.148 e. The molecule has 1 aromatic rings. The van der Waals surface area contributed by atoms with Crippen molar-refractivity contribution in [2.45, 2.75) is 44.6 Å². The second-order valence-corrected chi connectivity index (χ2v) is 4.95. The van der Waals surface area contributed by atoms with E-state index in [2.05, 4.69) is 12.2 Å². The largest absolute Gasteiger partial charge is 0.395 e. The molecule has 0 heterocycles. The fraction of sp³-hybridized carbons (Fsp3) is 0.538. The molecule has 3 N–H and O–H groups in total. The highest BCUT2D eigenvalue weighted by atomic mass is 19.1. The summed E-state index contributed by atoms with van der Waals surface area (Å²) in [7, 11) is 0. The third-order valence-corrected chi connectivity index (χ3v) is 3.45. The molecule has 0 bridgehead atoms. The number of hydrogen-bond donors (Lipinski definition) is 2. The molecular formula is C13H19FN2. The second-order valence-electron chi connectivity index (χ2n) is 4.95. The van der Waals surface area contributed by atoms with Crippen molar-refractivity contribution >= 4 is 11.4 Å². The van der Waals surface area contributed by atoms with Gasteiger partial charge in [0.05, 0.1) is 11.4 Å². The van der Waals surface area contributed by atoms with Gasteiger partial charge in [-0.3, -0.25) is 0 Å². The van der Waals surface area contributed by atoms with Crippen molar-refractivity contribution in [2.75, 3.05) is 11.1 Å². The minimum Gasteiger partial charge on any atom is -0.395 e. The maximum Gasteiger partial charge on any atom is 0.148 e. The molecule has 1 aliphatic carbocycles. The van der Waals surface area contributed by atoms with Crippen LogP contribution in [0, 0.1) is 5.82 Å². The predicted octanol–water partition coefficient (Wildman–Crippen LogP) is 3.54. The number of halogens is 1. The molecule has 3 heteroatoms. The van der Waals surface area contributed by atoms with Crippen LogP contribution in [-0.2, 0) is 0 Å². The van der Waals surface area contributed by atoms with Crippen molar-refractivity contribution < 1.29 is 4.39 Å². The molecule has 0 unspecified atom stereocenters. The van der Waals surface area contributed by atoms with Gasteiger partial charge >= 0.3 is 0 Å². The highest BCUT2D eigenvalue weighted by Crippen LogP contribution is 2.33. The van der Waals surface area contributed by atoms with Crippen molar-refractivity contribution in [2.24, 2.45) is 0 Å². The first-order valence-electron chi connectivity index (χ1n) is 5.93. The van der Waals surface area contributed by atoms with Crippen molar-refractivity contribution in [3.05, 3.63) is 24.0 Å². The van der Waals surface area contributed by atoms with E-state index in [4.69, 9.17) is 5.73 Å².